The first-order chi connectivity index (χ1) is 10.3. The first-order valence-corrected chi connectivity index (χ1v) is 8.88. The van der Waals surface area contributed by atoms with Gasteiger partial charge in [0.15, 0.2) is 0 Å². The fourth-order valence-electron chi connectivity index (χ4n) is 2.49. The lowest BCUT2D eigenvalue weighted by Gasteiger charge is -2.22. The quantitative estimate of drug-likeness (QED) is 0.737. The zero-order valence-corrected chi connectivity index (χ0v) is 15.1. The van der Waals surface area contributed by atoms with Crippen LogP contribution in [0, 0.1) is 3.57 Å². The first-order valence-electron chi connectivity index (χ1n) is 7.80. The van der Waals surface area contributed by atoms with Gasteiger partial charge in [0.05, 0.1) is 15.9 Å². The zero-order chi connectivity index (χ0) is 15.1. The number of ether oxygens (including phenoxy) is 1. The van der Waals surface area contributed by atoms with Crippen molar-refractivity contribution in [1.82, 2.24) is 9.97 Å². The Kier molecular flexibility index (Phi) is 6.95. The summed E-state index contributed by atoms with van der Waals surface area (Å²) in [6.07, 6.45) is 6.16. The second kappa shape index (κ2) is 8.73. The van der Waals surface area contributed by atoms with Crippen molar-refractivity contribution in [2.45, 2.75) is 45.6 Å². The lowest BCUT2D eigenvalue weighted by Crippen LogP contribution is -2.27. The minimum Gasteiger partial charge on any atom is -0.378 e. The second-order valence-corrected chi connectivity index (χ2v) is 6.47. The maximum Gasteiger partial charge on any atom is 0.227 e. The number of hydrogen-bond acceptors (Lipinski definition) is 5. The molecule has 118 valence electrons. The van der Waals surface area contributed by atoms with E-state index in [2.05, 4.69) is 39.7 Å². The molecular weight excluding hydrogens is 379 g/mol. The van der Waals surface area contributed by atoms with Crippen LogP contribution in [-0.4, -0.2) is 36.7 Å². The molecule has 0 atom stereocenters. The van der Waals surface area contributed by atoms with Gasteiger partial charge in [0.2, 0.25) is 5.95 Å². The van der Waals surface area contributed by atoms with Crippen LogP contribution in [0.4, 0.5) is 11.8 Å². The van der Waals surface area contributed by atoms with Gasteiger partial charge in [0.25, 0.3) is 0 Å². The smallest absolute Gasteiger partial charge is 0.227 e. The summed E-state index contributed by atoms with van der Waals surface area (Å²) in [5.74, 6) is 1.79. The highest BCUT2D eigenvalue weighted by molar-refractivity contribution is 14.1. The van der Waals surface area contributed by atoms with E-state index in [1.54, 1.807) is 7.11 Å². The van der Waals surface area contributed by atoms with Crippen molar-refractivity contribution in [3.63, 3.8) is 0 Å². The molecule has 1 fully saturated rings. The largest absolute Gasteiger partial charge is 0.378 e. The van der Waals surface area contributed by atoms with Crippen LogP contribution in [0.1, 0.15) is 44.7 Å². The van der Waals surface area contributed by atoms with Gasteiger partial charge in [-0.2, -0.15) is 4.98 Å². The Bertz CT molecular complexity index is 448. The van der Waals surface area contributed by atoms with Gasteiger partial charge in [0.1, 0.15) is 5.82 Å². The summed E-state index contributed by atoms with van der Waals surface area (Å²) in [6, 6.07) is 0. The molecular formula is C15H25IN4O. The van der Waals surface area contributed by atoms with Crippen LogP contribution in [0.25, 0.3) is 0 Å². The van der Waals surface area contributed by atoms with Gasteiger partial charge in [0, 0.05) is 26.7 Å². The van der Waals surface area contributed by atoms with Gasteiger partial charge in [-0.3, -0.25) is 0 Å². The predicted octanol–water partition coefficient (Wildman–Crippen LogP) is 3.43. The van der Waals surface area contributed by atoms with E-state index in [1.807, 2.05) is 0 Å². The first kappa shape index (κ1) is 16.7. The van der Waals surface area contributed by atoms with Crippen molar-refractivity contribution >= 4 is 34.4 Å². The maximum absolute atomic E-state index is 5.29. The number of halogens is 1. The fourth-order valence-corrected chi connectivity index (χ4v) is 3.07. The molecule has 1 aromatic heterocycles. The average Bonchev–Trinajstić information content (AvgIpc) is 2.77. The van der Waals surface area contributed by atoms with Crippen LogP contribution in [0.15, 0.2) is 0 Å². The molecule has 0 spiro atoms. The molecule has 1 aliphatic rings. The third-order valence-electron chi connectivity index (χ3n) is 3.62. The second-order valence-electron chi connectivity index (χ2n) is 5.39. The van der Waals surface area contributed by atoms with Gasteiger partial charge in [-0.15, -0.1) is 0 Å². The Hall–Kier alpha value is -0.630. The number of nitrogens with one attached hydrogen (secondary N) is 1. The average molecular weight is 404 g/mol. The standard InChI is InChI=1S/C15H25IN4O/c1-3-8-17-14-13(16)12(11-21-2)18-15(19-14)20-9-6-4-5-7-10-20/h3-11H2,1-2H3,(H,17,18,19). The van der Waals surface area contributed by atoms with Crippen molar-refractivity contribution in [3.05, 3.63) is 9.26 Å². The molecule has 0 saturated carbocycles. The third kappa shape index (κ3) is 4.67. The van der Waals surface area contributed by atoms with Gasteiger partial charge >= 0.3 is 0 Å². The number of aromatic nitrogens is 2. The summed E-state index contributed by atoms with van der Waals surface area (Å²) in [5.41, 5.74) is 0.978. The summed E-state index contributed by atoms with van der Waals surface area (Å²) >= 11 is 2.31. The normalized spacial score (nSPS) is 15.9. The third-order valence-corrected chi connectivity index (χ3v) is 4.75. The van der Waals surface area contributed by atoms with Crippen LogP contribution in [0.2, 0.25) is 0 Å². The predicted molar refractivity (Wildman–Crippen MR) is 94.9 cm³/mol. The van der Waals surface area contributed by atoms with Gasteiger partial charge < -0.3 is 15.0 Å². The Morgan fingerprint density at radius 1 is 1.19 bits per heavy atom. The Morgan fingerprint density at radius 3 is 2.52 bits per heavy atom. The Morgan fingerprint density at radius 2 is 1.90 bits per heavy atom. The van der Waals surface area contributed by atoms with Crippen LogP contribution >= 0.6 is 22.6 Å². The maximum atomic E-state index is 5.29. The molecule has 0 aromatic carbocycles. The van der Waals surface area contributed by atoms with Crippen molar-refractivity contribution in [2.24, 2.45) is 0 Å². The van der Waals surface area contributed by atoms with Gasteiger partial charge in [-0.1, -0.05) is 19.8 Å². The van der Waals surface area contributed by atoms with Crippen LogP contribution < -0.4 is 10.2 Å². The molecule has 2 rings (SSSR count). The van der Waals surface area contributed by atoms with E-state index in [-0.39, 0.29) is 0 Å². The molecule has 2 heterocycles. The van der Waals surface area contributed by atoms with Gasteiger partial charge in [-0.05, 0) is 41.9 Å². The molecule has 6 heteroatoms. The highest BCUT2D eigenvalue weighted by Crippen LogP contribution is 2.24. The summed E-state index contributed by atoms with van der Waals surface area (Å²) in [6.45, 7) is 5.73. The molecule has 21 heavy (non-hydrogen) atoms. The summed E-state index contributed by atoms with van der Waals surface area (Å²) in [5, 5.41) is 3.42. The van der Waals surface area contributed by atoms with E-state index in [9.17, 15) is 0 Å². The Labute approximate surface area is 141 Å². The summed E-state index contributed by atoms with van der Waals surface area (Å²) < 4.78 is 6.36. The lowest BCUT2D eigenvalue weighted by molar-refractivity contribution is 0.181. The van der Waals surface area contributed by atoms with Crippen molar-refractivity contribution in [2.75, 3.05) is 37.0 Å². The van der Waals surface area contributed by atoms with Crippen molar-refractivity contribution < 1.29 is 4.74 Å². The van der Waals surface area contributed by atoms with Crippen LogP contribution in [0.5, 0.6) is 0 Å². The zero-order valence-electron chi connectivity index (χ0n) is 13.0. The van der Waals surface area contributed by atoms with E-state index in [1.165, 1.54) is 25.7 Å². The van der Waals surface area contributed by atoms with E-state index >= 15 is 0 Å². The van der Waals surface area contributed by atoms with E-state index in [4.69, 9.17) is 14.7 Å². The SMILES string of the molecule is CCCNc1nc(N2CCCCCC2)nc(COC)c1I. The molecule has 0 radical (unpaired) electrons. The monoisotopic (exact) mass is 404 g/mol. The fraction of sp³-hybridized carbons (Fsp3) is 0.733. The molecule has 1 aliphatic heterocycles. The highest BCUT2D eigenvalue weighted by Gasteiger charge is 2.17. The van der Waals surface area contributed by atoms with E-state index in [0.29, 0.717) is 6.61 Å². The molecule has 1 saturated heterocycles. The van der Waals surface area contributed by atoms with E-state index in [0.717, 1.165) is 47.1 Å². The Balaban J connectivity index is 2.27. The molecule has 1 aromatic rings. The van der Waals surface area contributed by atoms with Gasteiger partial charge in [-0.25, -0.2) is 4.98 Å². The topological polar surface area (TPSA) is 50.3 Å². The van der Waals surface area contributed by atoms with Crippen LogP contribution in [-0.2, 0) is 11.3 Å². The lowest BCUT2D eigenvalue weighted by atomic mass is 10.2. The minimum absolute atomic E-state index is 0.530. The number of rotatable bonds is 6. The molecule has 1 N–H and O–H groups in total. The summed E-state index contributed by atoms with van der Waals surface area (Å²) in [4.78, 5) is 11.8. The number of anilines is 2. The number of hydrogen-bond donors (Lipinski definition) is 1. The van der Waals surface area contributed by atoms with E-state index < -0.39 is 0 Å². The van der Waals surface area contributed by atoms with Crippen molar-refractivity contribution in [1.29, 1.82) is 0 Å². The number of methoxy groups -OCH3 is 1. The molecule has 5 nitrogen and oxygen atoms in total. The van der Waals surface area contributed by atoms with Crippen molar-refractivity contribution in [3.8, 4) is 0 Å². The molecule has 0 unspecified atom stereocenters. The summed E-state index contributed by atoms with van der Waals surface area (Å²) in [7, 11) is 1.71. The van der Waals surface area contributed by atoms with Crippen LogP contribution in [0.3, 0.4) is 0 Å². The molecule has 0 aliphatic carbocycles. The molecule has 0 amide bonds. The number of nitrogens with zero attached hydrogens (tertiary/aromatic N) is 3. The highest BCUT2D eigenvalue weighted by atomic mass is 127. The molecule has 0 bridgehead atoms. The minimum atomic E-state index is 0.530.